The number of benzene rings is 4. The smallest absolute Gasteiger partial charge is 0.269 e. The van der Waals surface area contributed by atoms with E-state index in [0.717, 1.165) is 22.1 Å². The lowest BCUT2D eigenvalue weighted by Crippen LogP contribution is -2.31. The molecule has 0 fully saturated rings. The van der Waals surface area contributed by atoms with Crippen LogP contribution in [0.4, 0.5) is 17.1 Å². The minimum Gasteiger partial charge on any atom is -0.338 e. The predicted octanol–water partition coefficient (Wildman–Crippen LogP) is 5.67. The quantitative estimate of drug-likeness (QED) is 0.312. The minimum atomic E-state index is -0.448. The fourth-order valence-electron chi connectivity index (χ4n) is 3.73. The number of anilines is 1. The zero-order valence-electron chi connectivity index (χ0n) is 17.4. The second kappa shape index (κ2) is 8.39. The Morgan fingerprint density at radius 1 is 0.909 bits per heavy atom. The summed E-state index contributed by atoms with van der Waals surface area (Å²) in [5, 5.41) is 19.3. The van der Waals surface area contributed by atoms with Gasteiger partial charge in [0.15, 0.2) is 5.84 Å². The molecule has 0 saturated heterocycles. The van der Waals surface area contributed by atoms with Crippen molar-refractivity contribution >= 4 is 45.7 Å². The molecular formula is C26H18N4O3. The van der Waals surface area contributed by atoms with Gasteiger partial charge in [-0.05, 0) is 53.4 Å². The van der Waals surface area contributed by atoms with Crippen molar-refractivity contribution in [3.8, 4) is 0 Å². The molecule has 0 atom stereocenters. The van der Waals surface area contributed by atoms with Crippen molar-refractivity contribution in [3.05, 3.63) is 118 Å². The molecule has 4 aromatic rings. The molecule has 0 aliphatic carbocycles. The monoisotopic (exact) mass is 434 g/mol. The summed E-state index contributed by atoms with van der Waals surface area (Å²) < 4.78 is 0. The first-order valence-electron chi connectivity index (χ1n) is 10.3. The van der Waals surface area contributed by atoms with Crippen LogP contribution in [0, 0.1) is 10.1 Å². The molecule has 7 nitrogen and oxygen atoms in total. The van der Waals surface area contributed by atoms with Gasteiger partial charge in [-0.25, -0.2) is 4.99 Å². The Morgan fingerprint density at radius 3 is 2.36 bits per heavy atom. The van der Waals surface area contributed by atoms with E-state index < -0.39 is 4.92 Å². The third kappa shape index (κ3) is 4.07. The fourth-order valence-corrected chi connectivity index (χ4v) is 3.73. The first-order chi connectivity index (χ1) is 16.1. The largest absolute Gasteiger partial charge is 0.338 e. The molecule has 1 amide bonds. The Morgan fingerprint density at radius 2 is 1.64 bits per heavy atom. The van der Waals surface area contributed by atoms with Crippen LogP contribution in [0.2, 0.25) is 0 Å². The van der Waals surface area contributed by atoms with Crippen molar-refractivity contribution in [3.63, 3.8) is 0 Å². The Kier molecular flexibility index (Phi) is 5.12. The van der Waals surface area contributed by atoms with Crippen LogP contribution in [0.15, 0.2) is 102 Å². The molecule has 0 aromatic heterocycles. The summed E-state index contributed by atoms with van der Waals surface area (Å²) in [4.78, 5) is 28.3. The van der Waals surface area contributed by atoms with Crippen LogP contribution in [-0.2, 0) is 0 Å². The van der Waals surface area contributed by atoms with Crippen LogP contribution in [0.3, 0.4) is 0 Å². The van der Waals surface area contributed by atoms with Gasteiger partial charge in [0.05, 0.1) is 16.3 Å². The average molecular weight is 434 g/mol. The Hall–Kier alpha value is -4.78. The summed E-state index contributed by atoms with van der Waals surface area (Å²) >= 11 is 0. The van der Waals surface area contributed by atoms with Crippen molar-refractivity contribution in [1.82, 2.24) is 5.32 Å². The molecule has 4 aromatic carbocycles. The molecule has 0 saturated carbocycles. The van der Waals surface area contributed by atoms with E-state index >= 15 is 0 Å². The zero-order valence-corrected chi connectivity index (χ0v) is 17.4. The van der Waals surface area contributed by atoms with Crippen molar-refractivity contribution in [2.45, 2.75) is 0 Å². The van der Waals surface area contributed by atoms with Gasteiger partial charge in [0.1, 0.15) is 0 Å². The lowest BCUT2D eigenvalue weighted by atomic mass is 10.0. The number of carbonyl (C=O) groups excluding carboxylic acids is 1. The number of aliphatic imine (C=N–C) groups is 1. The van der Waals surface area contributed by atoms with Gasteiger partial charge in [0.2, 0.25) is 0 Å². The Balaban J connectivity index is 1.57. The third-order valence-electron chi connectivity index (χ3n) is 5.32. The summed E-state index contributed by atoms with van der Waals surface area (Å²) in [5.41, 5.74) is 3.31. The van der Waals surface area contributed by atoms with E-state index in [2.05, 4.69) is 10.6 Å². The minimum absolute atomic E-state index is 0.00393. The van der Waals surface area contributed by atoms with E-state index in [1.807, 2.05) is 42.5 Å². The zero-order chi connectivity index (χ0) is 22.8. The summed E-state index contributed by atoms with van der Waals surface area (Å²) in [6.45, 7) is 0. The van der Waals surface area contributed by atoms with Gasteiger partial charge in [-0.2, -0.15) is 0 Å². The van der Waals surface area contributed by atoms with Crippen LogP contribution in [-0.4, -0.2) is 16.7 Å². The standard InChI is InChI=1S/C26H18N4O3/c31-26(19-6-2-1-3-7-19)29-23(16-17-12-14-20(15-13-17)30(32)33)25-27-21-10-4-8-18-9-5-11-22(28-25)24(18)21/h1-16H,(H,27,28)(H,29,31)/b23-16-. The summed E-state index contributed by atoms with van der Waals surface area (Å²) in [6, 6.07) is 26.8. The number of hydrogen-bond acceptors (Lipinski definition) is 5. The number of rotatable bonds is 5. The van der Waals surface area contributed by atoms with Crippen molar-refractivity contribution in [2.24, 2.45) is 4.99 Å². The lowest BCUT2D eigenvalue weighted by Gasteiger charge is -2.21. The highest BCUT2D eigenvalue weighted by atomic mass is 16.6. The maximum absolute atomic E-state index is 12.9. The van der Waals surface area contributed by atoms with E-state index in [4.69, 9.17) is 4.99 Å². The van der Waals surface area contributed by atoms with Crippen LogP contribution in [0.25, 0.3) is 16.8 Å². The number of amidine groups is 1. The summed E-state index contributed by atoms with van der Waals surface area (Å²) in [6.07, 6.45) is 1.74. The van der Waals surface area contributed by atoms with Crippen LogP contribution in [0.5, 0.6) is 0 Å². The molecule has 1 aliphatic rings. The fraction of sp³-hybridized carbons (Fsp3) is 0. The average Bonchev–Trinajstić information content (AvgIpc) is 2.85. The van der Waals surface area contributed by atoms with Crippen molar-refractivity contribution in [1.29, 1.82) is 0 Å². The normalized spacial score (nSPS) is 12.6. The summed E-state index contributed by atoms with van der Waals surface area (Å²) in [7, 11) is 0. The van der Waals surface area contributed by atoms with Gasteiger partial charge < -0.3 is 10.6 Å². The number of nitro benzene ring substituents is 1. The topological polar surface area (TPSA) is 96.6 Å². The molecule has 0 spiro atoms. The highest BCUT2D eigenvalue weighted by molar-refractivity contribution is 6.21. The number of amides is 1. The van der Waals surface area contributed by atoms with E-state index in [9.17, 15) is 14.9 Å². The molecular weight excluding hydrogens is 416 g/mol. The van der Waals surface area contributed by atoms with E-state index in [0.29, 0.717) is 22.7 Å². The molecule has 1 heterocycles. The van der Waals surface area contributed by atoms with E-state index in [1.165, 1.54) is 12.1 Å². The van der Waals surface area contributed by atoms with Crippen LogP contribution < -0.4 is 10.6 Å². The predicted molar refractivity (Wildman–Crippen MR) is 130 cm³/mol. The maximum Gasteiger partial charge on any atom is 0.269 e. The third-order valence-corrected chi connectivity index (χ3v) is 5.32. The number of carbonyl (C=O) groups is 1. The van der Waals surface area contributed by atoms with Crippen LogP contribution >= 0.6 is 0 Å². The highest BCUT2D eigenvalue weighted by Crippen LogP contribution is 2.36. The van der Waals surface area contributed by atoms with Gasteiger partial charge in [0.25, 0.3) is 11.6 Å². The Labute approximate surface area is 189 Å². The molecule has 7 heteroatoms. The van der Waals surface area contributed by atoms with Crippen molar-refractivity contribution < 1.29 is 9.72 Å². The van der Waals surface area contributed by atoms with Gasteiger partial charge in [-0.15, -0.1) is 0 Å². The molecule has 0 radical (unpaired) electrons. The van der Waals surface area contributed by atoms with Gasteiger partial charge in [-0.1, -0.05) is 42.5 Å². The molecule has 160 valence electrons. The molecule has 5 rings (SSSR count). The molecule has 2 N–H and O–H groups in total. The maximum atomic E-state index is 12.9. The molecule has 0 bridgehead atoms. The number of nitro groups is 1. The molecule has 0 unspecified atom stereocenters. The van der Waals surface area contributed by atoms with E-state index in [1.54, 1.807) is 42.5 Å². The number of nitrogens with one attached hydrogen (secondary N) is 2. The van der Waals surface area contributed by atoms with Crippen LogP contribution in [0.1, 0.15) is 15.9 Å². The van der Waals surface area contributed by atoms with Gasteiger partial charge in [0, 0.05) is 28.8 Å². The lowest BCUT2D eigenvalue weighted by molar-refractivity contribution is -0.384. The van der Waals surface area contributed by atoms with E-state index in [-0.39, 0.29) is 11.6 Å². The number of hydrogen-bond donors (Lipinski definition) is 2. The van der Waals surface area contributed by atoms with Gasteiger partial charge in [-0.3, -0.25) is 14.9 Å². The molecule has 33 heavy (non-hydrogen) atoms. The number of nitrogens with zero attached hydrogens (tertiary/aromatic N) is 2. The first-order valence-corrected chi connectivity index (χ1v) is 10.3. The highest BCUT2D eigenvalue weighted by Gasteiger charge is 2.19. The SMILES string of the molecule is O=C(N/C(=C\c1ccc([N+](=O)[O-])cc1)C1=Nc2cccc3cccc(c23)N1)c1ccccc1. The Bertz CT molecular complexity index is 1440. The van der Waals surface area contributed by atoms with Crippen molar-refractivity contribution in [2.75, 3.05) is 5.32 Å². The first kappa shape index (κ1) is 20.1. The second-order valence-corrected chi connectivity index (χ2v) is 7.49. The second-order valence-electron chi connectivity index (χ2n) is 7.49. The molecule has 1 aliphatic heterocycles. The van der Waals surface area contributed by atoms with Gasteiger partial charge >= 0.3 is 0 Å². The number of non-ortho nitro benzene ring substituents is 1. The summed E-state index contributed by atoms with van der Waals surface area (Å²) in [5.74, 6) is 0.189.